The molecule has 150 valence electrons. The number of hydrogen-bond donors (Lipinski definition) is 1. The molecular formula is C24H24BrNO3. The van der Waals surface area contributed by atoms with Gasteiger partial charge < -0.3 is 10.0 Å². The quantitative estimate of drug-likeness (QED) is 0.450. The van der Waals surface area contributed by atoms with E-state index in [2.05, 4.69) is 33.0 Å². The van der Waals surface area contributed by atoms with Crippen LogP contribution in [0.15, 0.2) is 59.1 Å². The maximum atomic E-state index is 12.1. The van der Waals surface area contributed by atoms with Gasteiger partial charge in [0.2, 0.25) is 0 Å². The fraction of sp³-hybridized carbons (Fsp3) is 0.250. The van der Waals surface area contributed by atoms with Gasteiger partial charge in [-0.3, -0.25) is 9.59 Å². The first-order valence-electron chi connectivity index (χ1n) is 9.76. The van der Waals surface area contributed by atoms with Crippen molar-refractivity contribution in [2.45, 2.75) is 25.7 Å². The smallest absolute Gasteiger partial charge is 0.163 e. The lowest BCUT2D eigenvalue weighted by atomic mass is 10.1. The molecule has 5 heteroatoms. The topological polar surface area (TPSA) is 57.6 Å². The monoisotopic (exact) mass is 453 g/mol. The SMILES string of the molecule is O=C(C=Cc1ccc(O)cc1)CC(=O)C=Cc1ccc(N2CCCCC2)cc1Br. The third-order valence-electron chi connectivity index (χ3n) is 4.86. The van der Waals surface area contributed by atoms with Gasteiger partial charge in [-0.25, -0.2) is 0 Å². The Morgan fingerprint density at radius 3 is 2.24 bits per heavy atom. The van der Waals surface area contributed by atoms with E-state index in [1.807, 2.05) is 6.07 Å². The Bertz CT molecular complexity index is 926. The molecule has 29 heavy (non-hydrogen) atoms. The molecule has 2 aromatic rings. The van der Waals surface area contributed by atoms with Crippen LogP contribution in [0.2, 0.25) is 0 Å². The highest BCUT2D eigenvalue weighted by Gasteiger charge is 2.12. The summed E-state index contributed by atoms with van der Waals surface area (Å²) in [5.74, 6) is -0.325. The van der Waals surface area contributed by atoms with E-state index in [9.17, 15) is 14.7 Å². The van der Waals surface area contributed by atoms with E-state index in [1.165, 1.54) is 37.1 Å². The number of rotatable bonds is 7. The van der Waals surface area contributed by atoms with Crippen LogP contribution in [0.4, 0.5) is 5.69 Å². The highest BCUT2D eigenvalue weighted by atomic mass is 79.9. The molecule has 0 unspecified atom stereocenters. The van der Waals surface area contributed by atoms with Crippen LogP contribution in [0, 0.1) is 0 Å². The molecule has 0 amide bonds. The van der Waals surface area contributed by atoms with E-state index < -0.39 is 0 Å². The van der Waals surface area contributed by atoms with Crippen molar-refractivity contribution >= 4 is 45.3 Å². The van der Waals surface area contributed by atoms with Crippen LogP contribution in [0.25, 0.3) is 12.2 Å². The first-order valence-corrected chi connectivity index (χ1v) is 10.6. The number of carbonyl (C=O) groups is 2. The number of piperidine rings is 1. The molecule has 1 heterocycles. The molecule has 1 aliphatic rings. The number of benzene rings is 2. The predicted octanol–water partition coefficient (Wildman–Crippen LogP) is 5.40. The van der Waals surface area contributed by atoms with Crippen LogP contribution in [0.1, 0.15) is 36.8 Å². The highest BCUT2D eigenvalue weighted by molar-refractivity contribution is 9.10. The van der Waals surface area contributed by atoms with Crippen molar-refractivity contribution in [1.29, 1.82) is 0 Å². The number of carbonyl (C=O) groups excluding carboxylic acids is 2. The summed E-state index contributed by atoms with van der Waals surface area (Å²) in [6.45, 7) is 2.17. The van der Waals surface area contributed by atoms with E-state index in [-0.39, 0.29) is 23.7 Å². The van der Waals surface area contributed by atoms with Gasteiger partial charge in [-0.2, -0.15) is 0 Å². The number of anilines is 1. The summed E-state index contributed by atoms with van der Waals surface area (Å²) >= 11 is 3.59. The van der Waals surface area contributed by atoms with Crippen LogP contribution >= 0.6 is 15.9 Å². The van der Waals surface area contributed by atoms with Crippen LogP contribution in [-0.2, 0) is 9.59 Å². The number of hydrogen-bond acceptors (Lipinski definition) is 4. The molecule has 0 aromatic heterocycles. The maximum absolute atomic E-state index is 12.1. The van der Waals surface area contributed by atoms with Gasteiger partial charge in [0.05, 0.1) is 6.42 Å². The fourth-order valence-electron chi connectivity index (χ4n) is 3.25. The summed E-state index contributed by atoms with van der Waals surface area (Å²) in [7, 11) is 0. The first kappa shape index (κ1) is 21.1. The average Bonchev–Trinajstić information content (AvgIpc) is 2.73. The molecular weight excluding hydrogens is 430 g/mol. The second kappa shape index (κ2) is 10.2. The summed E-state index contributed by atoms with van der Waals surface area (Å²) in [6, 6.07) is 12.6. The second-order valence-electron chi connectivity index (χ2n) is 7.12. The zero-order chi connectivity index (χ0) is 20.6. The number of ketones is 2. The Balaban J connectivity index is 1.55. The molecule has 1 N–H and O–H groups in total. The van der Waals surface area contributed by atoms with Crippen LogP contribution in [0.5, 0.6) is 5.75 Å². The Morgan fingerprint density at radius 1 is 0.931 bits per heavy atom. The lowest BCUT2D eigenvalue weighted by Crippen LogP contribution is -2.29. The summed E-state index contributed by atoms with van der Waals surface area (Å²) in [6.07, 6.45) is 9.79. The summed E-state index contributed by atoms with van der Waals surface area (Å²) in [5, 5.41) is 9.26. The standard InChI is InChI=1S/C24H24BrNO3/c25-24-16-20(26-14-2-1-3-15-26)9-7-19(24)8-13-23(29)17-22(28)12-6-18-4-10-21(27)11-5-18/h4-13,16,27H,1-3,14-15,17H2. The number of aromatic hydroxyl groups is 1. The van der Waals surface area contributed by atoms with Gasteiger partial charge >= 0.3 is 0 Å². The molecule has 0 spiro atoms. The third kappa shape index (κ3) is 6.43. The van der Waals surface area contributed by atoms with Crippen molar-refractivity contribution in [2.24, 2.45) is 0 Å². The third-order valence-corrected chi connectivity index (χ3v) is 5.54. The summed E-state index contributed by atoms with van der Waals surface area (Å²) < 4.78 is 0.933. The van der Waals surface area contributed by atoms with Gasteiger partial charge in [-0.1, -0.05) is 46.3 Å². The van der Waals surface area contributed by atoms with Gasteiger partial charge in [0.25, 0.3) is 0 Å². The van der Waals surface area contributed by atoms with Crippen molar-refractivity contribution in [1.82, 2.24) is 0 Å². The first-order chi connectivity index (χ1) is 14.0. The van der Waals surface area contributed by atoms with Crippen molar-refractivity contribution in [3.63, 3.8) is 0 Å². The van der Waals surface area contributed by atoms with Gasteiger partial charge in [0.1, 0.15) is 5.75 Å². The molecule has 2 aromatic carbocycles. The fourth-order valence-corrected chi connectivity index (χ4v) is 3.75. The van der Waals surface area contributed by atoms with Crippen LogP contribution < -0.4 is 4.90 Å². The lowest BCUT2D eigenvalue weighted by molar-refractivity contribution is -0.121. The lowest BCUT2D eigenvalue weighted by Gasteiger charge is -2.29. The van der Waals surface area contributed by atoms with E-state index in [4.69, 9.17) is 0 Å². The summed E-state index contributed by atoms with van der Waals surface area (Å²) in [5.41, 5.74) is 2.89. The zero-order valence-corrected chi connectivity index (χ0v) is 17.8. The van der Waals surface area contributed by atoms with E-state index in [1.54, 1.807) is 36.4 Å². The number of allylic oxidation sites excluding steroid dienone is 2. The molecule has 3 rings (SSSR count). The normalized spacial score (nSPS) is 14.6. The molecule has 0 atom stereocenters. The van der Waals surface area contributed by atoms with Crippen molar-refractivity contribution in [2.75, 3.05) is 18.0 Å². The van der Waals surface area contributed by atoms with Crippen LogP contribution in [-0.4, -0.2) is 29.8 Å². The average molecular weight is 454 g/mol. The Labute approximate surface area is 179 Å². The number of halogens is 1. The van der Waals surface area contributed by atoms with Gasteiger partial charge in [-0.05, 0) is 66.8 Å². The van der Waals surface area contributed by atoms with E-state index >= 15 is 0 Å². The molecule has 0 radical (unpaired) electrons. The van der Waals surface area contributed by atoms with Crippen molar-refractivity contribution in [3.8, 4) is 5.75 Å². The van der Waals surface area contributed by atoms with E-state index in [0.717, 1.165) is 28.7 Å². The van der Waals surface area contributed by atoms with E-state index in [0.29, 0.717) is 0 Å². The largest absolute Gasteiger partial charge is 0.508 e. The molecule has 1 aliphatic heterocycles. The van der Waals surface area contributed by atoms with Gasteiger partial charge in [0.15, 0.2) is 11.6 Å². The number of phenolic OH excluding ortho intramolecular Hbond substituents is 1. The van der Waals surface area contributed by atoms with Crippen molar-refractivity contribution in [3.05, 3.63) is 70.2 Å². The van der Waals surface area contributed by atoms with Gasteiger partial charge in [0, 0.05) is 23.2 Å². The Morgan fingerprint density at radius 2 is 1.59 bits per heavy atom. The molecule has 4 nitrogen and oxygen atoms in total. The molecule has 0 aliphatic carbocycles. The predicted molar refractivity (Wildman–Crippen MR) is 121 cm³/mol. The molecule has 0 saturated carbocycles. The Hall–Kier alpha value is -2.66. The zero-order valence-electron chi connectivity index (χ0n) is 16.2. The minimum Gasteiger partial charge on any atom is -0.508 e. The molecule has 0 bridgehead atoms. The molecule has 1 saturated heterocycles. The number of phenols is 1. The highest BCUT2D eigenvalue weighted by Crippen LogP contribution is 2.27. The minimum atomic E-state index is -0.257. The van der Waals surface area contributed by atoms with Gasteiger partial charge in [-0.15, -0.1) is 0 Å². The summed E-state index contributed by atoms with van der Waals surface area (Å²) in [4.78, 5) is 26.5. The van der Waals surface area contributed by atoms with Crippen LogP contribution in [0.3, 0.4) is 0 Å². The number of nitrogens with zero attached hydrogens (tertiary/aromatic N) is 1. The second-order valence-corrected chi connectivity index (χ2v) is 7.98. The Kier molecular flexibility index (Phi) is 7.42. The maximum Gasteiger partial charge on any atom is 0.163 e. The minimum absolute atomic E-state index is 0.170. The van der Waals surface area contributed by atoms with Crippen molar-refractivity contribution < 1.29 is 14.7 Å². The molecule has 1 fully saturated rings.